The number of nitro groups is 1. The average molecular weight is 471 g/mol. The number of non-ortho nitro benzene ring substituents is 1. The van der Waals surface area contributed by atoms with E-state index in [1.807, 2.05) is 0 Å². The van der Waals surface area contributed by atoms with Gasteiger partial charge in [0.15, 0.2) is 9.84 Å². The van der Waals surface area contributed by atoms with Gasteiger partial charge in [-0.15, -0.1) is 0 Å². The Labute approximate surface area is 191 Å². The zero-order valence-corrected chi connectivity index (χ0v) is 19.0. The smallest absolute Gasteiger partial charge is 0.271 e. The van der Waals surface area contributed by atoms with Gasteiger partial charge in [0.05, 0.1) is 30.1 Å². The van der Waals surface area contributed by atoms with Crippen molar-refractivity contribution >= 4 is 21.4 Å². The summed E-state index contributed by atoms with van der Waals surface area (Å²) in [4.78, 5) is 23.4. The molecule has 0 aliphatic heterocycles. The van der Waals surface area contributed by atoms with Crippen molar-refractivity contribution in [2.45, 2.75) is 10.9 Å². The Bertz CT molecular complexity index is 1220. The molecule has 0 atom stereocenters. The first kappa shape index (κ1) is 23.7. The minimum atomic E-state index is -3.78. The van der Waals surface area contributed by atoms with Gasteiger partial charge in [-0.3, -0.25) is 14.9 Å². The molecule has 0 aromatic heterocycles. The molecule has 0 bridgehead atoms. The molecule has 33 heavy (non-hydrogen) atoms. The van der Waals surface area contributed by atoms with E-state index in [-0.39, 0.29) is 10.5 Å². The fraction of sp³-hybridized carbons (Fsp3) is 0.174. The van der Waals surface area contributed by atoms with E-state index in [0.717, 1.165) is 35.6 Å². The molecule has 0 heterocycles. The summed E-state index contributed by atoms with van der Waals surface area (Å²) in [6.45, 7) is 0. The van der Waals surface area contributed by atoms with E-state index in [4.69, 9.17) is 9.47 Å². The summed E-state index contributed by atoms with van der Waals surface area (Å²) in [6.07, 6.45) is 0.922. The van der Waals surface area contributed by atoms with Crippen LogP contribution in [0.15, 0.2) is 71.6 Å². The van der Waals surface area contributed by atoms with Crippen LogP contribution in [0.5, 0.6) is 11.5 Å². The number of hydrogen-bond acceptors (Lipinski definition) is 7. The molecule has 0 fully saturated rings. The molecule has 0 spiro atoms. The number of nitro benzene ring substituents is 1. The van der Waals surface area contributed by atoms with Crippen LogP contribution in [0.3, 0.4) is 0 Å². The van der Waals surface area contributed by atoms with Crippen molar-refractivity contribution in [2.75, 3.05) is 20.5 Å². The van der Waals surface area contributed by atoms with Gasteiger partial charge < -0.3 is 14.8 Å². The highest BCUT2D eigenvalue weighted by atomic mass is 32.2. The van der Waals surface area contributed by atoms with Crippen LogP contribution in [0.25, 0.3) is 0 Å². The Morgan fingerprint density at radius 1 is 0.909 bits per heavy atom. The third-order valence-electron chi connectivity index (χ3n) is 4.97. The van der Waals surface area contributed by atoms with Crippen molar-refractivity contribution in [1.82, 2.24) is 5.32 Å². The van der Waals surface area contributed by atoms with Gasteiger partial charge in [-0.2, -0.15) is 0 Å². The number of ether oxygens (including phenoxy) is 2. The largest absolute Gasteiger partial charge is 0.497 e. The van der Waals surface area contributed by atoms with E-state index < -0.39 is 32.4 Å². The number of rotatable bonds is 8. The first-order valence-corrected chi connectivity index (χ1v) is 11.6. The predicted octanol–water partition coefficient (Wildman–Crippen LogP) is 3.53. The molecule has 1 amide bonds. The number of carbonyl (C=O) groups excluding carboxylic acids is 1. The SMILES string of the molecule is COc1ccc(C(NC(=O)c2cc([N+](=O)[O-])cc(S(C)(=O)=O)c2)c2ccc(OC)cc2)cc1. The quantitative estimate of drug-likeness (QED) is 0.394. The monoisotopic (exact) mass is 470 g/mol. The standard InChI is InChI=1S/C23H22N2O7S/c1-31-19-8-4-15(5-9-19)22(16-6-10-20(32-2)11-7-16)24-23(26)17-12-18(25(27)28)14-21(13-17)33(3,29)30/h4-14,22H,1-3H3,(H,24,26). The van der Waals surface area contributed by atoms with Gasteiger partial charge >= 0.3 is 0 Å². The molecule has 172 valence electrons. The van der Waals surface area contributed by atoms with Gasteiger partial charge in [-0.25, -0.2) is 8.42 Å². The number of benzene rings is 3. The van der Waals surface area contributed by atoms with Crippen molar-refractivity contribution in [1.29, 1.82) is 0 Å². The third kappa shape index (κ3) is 5.66. The van der Waals surface area contributed by atoms with Gasteiger partial charge in [-0.1, -0.05) is 24.3 Å². The van der Waals surface area contributed by atoms with Crippen molar-refractivity contribution in [2.24, 2.45) is 0 Å². The average Bonchev–Trinajstić information content (AvgIpc) is 2.81. The first-order valence-electron chi connectivity index (χ1n) is 9.70. The molecule has 3 rings (SSSR count). The van der Waals surface area contributed by atoms with Crippen LogP contribution in [-0.2, 0) is 9.84 Å². The highest BCUT2D eigenvalue weighted by molar-refractivity contribution is 7.90. The lowest BCUT2D eigenvalue weighted by molar-refractivity contribution is -0.385. The van der Waals surface area contributed by atoms with E-state index in [1.165, 1.54) is 0 Å². The molecule has 0 saturated carbocycles. The fourth-order valence-corrected chi connectivity index (χ4v) is 3.88. The number of hydrogen-bond donors (Lipinski definition) is 1. The summed E-state index contributed by atoms with van der Waals surface area (Å²) in [5.74, 6) is 0.602. The number of nitrogens with one attached hydrogen (secondary N) is 1. The lowest BCUT2D eigenvalue weighted by Crippen LogP contribution is -2.29. The Morgan fingerprint density at radius 3 is 1.79 bits per heavy atom. The summed E-state index contributed by atoms with van der Waals surface area (Å²) in [6, 6.07) is 16.6. The number of methoxy groups -OCH3 is 2. The molecule has 0 saturated heterocycles. The molecule has 0 aliphatic rings. The van der Waals surface area contributed by atoms with Crippen molar-refractivity contribution in [3.8, 4) is 11.5 Å². The normalized spacial score (nSPS) is 11.2. The summed E-state index contributed by atoms with van der Waals surface area (Å²) in [5.41, 5.74) is 0.816. The van der Waals surface area contributed by atoms with Gasteiger partial charge in [0.1, 0.15) is 11.5 Å². The van der Waals surface area contributed by atoms with Crippen LogP contribution in [0.4, 0.5) is 5.69 Å². The van der Waals surface area contributed by atoms with E-state index in [1.54, 1.807) is 62.8 Å². The fourth-order valence-electron chi connectivity index (χ4n) is 3.20. The molecule has 0 aliphatic carbocycles. The van der Waals surface area contributed by atoms with E-state index >= 15 is 0 Å². The number of sulfone groups is 1. The second kappa shape index (κ2) is 9.70. The highest BCUT2D eigenvalue weighted by Gasteiger charge is 2.22. The highest BCUT2D eigenvalue weighted by Crippen LogP contribution is 2.27. The number of nitrogens with zero attached hydrogens (tertiary/aromatic N) is 1. The Balaban J connectivity index is 2.04. The van der Waals surface area contributed by atoms with Gasteiger partial charge in [-0.05, 0) is 41.5 Å². The zero-order chi connectivity index (χ0) is 24.2. The molecule has 10 heteroatoms. The molecule has 3 aromatic carbocycles. The Hall–Kier alpha value is -3.92. The van der Waals surface area contributed by atoms with Crippen LogP contribution in [0, 0.1) is 10.1 Å². The maximum Gasteiger partial charge on any atom is 0.271 e. The Morgan fingerprint density at radius 2 is 1.39 bits per heavy atom. The molecule has 1 N–H and O–H groups in total. The molecular formula is C23H22N2O7S. The molecule has 9 nitrogen and oxygen atoms in total. The van der Waals surface area contributed by atoms with Crippen LogP contribution < -0.4 is 14.8 Å². The van der Waals surface area contributed by atoms with Gasteiger partial charge in [0.2, 0.25) is 0 Å². The summed E-state index contributed by atoms with van der Waals surface area (Å²) in [5, 5.41) is 14.1. The summed E-state index contributed by atoms with van der Waals surface area (Å²) in [7, 11) is -0.693. The predicted molar refractivity (Wildman–Crippen MR) is 122 cm³/mol. The lowest BCUT2D eigenvalue weighted by Gasteiger charge is -2.21. The molecule has 0 radical (unpaired) electrons. The van der Waals surface area contributed by atoms with Crippen molar-refractivity contribution in [3.05, 3.63) is 93.5 Å². The summed E-state index contributed by atoms with van der Waals surface area (Å²) >= 11 is 0. The second-order valence-corrected chi connectivity index (χ2v) is 9.21. The van der Waals surface area contributed by atoms with Crippen LogP contribution >= 0.6 is 0 Å². The molecule has 0 unspecified atom stereocenters. The van der Waals surface area contributed by atoms with Gasteiger partial charge in [0.25, 0.3) is 11.6 Å². The topological polar surface area (TPSA) is 125 Å². The molecular weight excluding hydrogens is 448 g/mol. The maximum atomic E-state index is 13.1. The van der Waals surface area contributed by atoms with Crippen LogP contribution in [0.1, 0.15) is 27.5 Å². The molecule has 3 aromatic rings. The third-order valence-corrected chi connectivity index (χ3v) is 6.06. The number of carbonyl (C=O) groups is 1. The van der Waals surface area contributed by atoms with Crippen molar-refractivity contribution in [3.63, 3.8) is 0 Å². The first-order chi connectivity index (χ1) is 15.6. The van der Waals surface area contributed by atoms with E-state index in [9.17, 15) is 23.3 Å². The minimum absolute atomic E-state index is 0.142. The lowest BCUT2D eigenvalue weighted by atomic mass is 9.98. The second-order valence-electron chi connectivity index (χ2n) is 7.20. The summed E-state index contributed by atoms with van der Waals surface area (Å²) < 4.78 is 34.4. The van der Waals surface area contributed by atoms with Crippen LogP contribution in [-0.4, -0.2) is 39.7 Å². The minimum Gasteiger partial charge on any atom is -0.497 e. The maximum absolute atomic E-state index is 13.1. The van der Waals surface area contributed by atoms with Crippen molar-refractivity contribution < 1.29 is 27.6 Å². The van der Waals surface area contributed by atoms with Gasteiger partial charge in [0, 0.05) is 24.0 Å². The number of amides is 1. The van der Waals surface area contributed by atoms with E-state index in [0.29, 0.717) is 11.5 Å². The van der Waals surface area contributed by atoms with Crippen LogP contribution in [0.2, 0.25) is 0 Å². The Kier molecular flexibility index (Phi) is 6.98. The van der Waals surface area contributed by atoms with E-state index in [2.05, 4.69) is 5.32 Å². The zero-order valence-electron chi connectivity index (χ0n) is 18.1.